The van der Waals surface area contributed by atoms with E-state index in [4.69, 9.17) is 21.1 Å². The van der Waals surface area contributed by atoms with Gasteiger partial charge in [-0.25, -0.2) is 0 Å². The van der Waals surface area contributed by atoms with Crippen molar-refractivity contribution in [3.8, 4) is 0 Å². The van der Waals surface area contributed by atoms with Crippen LogP contribution in [0.2, 0.25) is 5.02 Å². The molecule has 1 saturated heterocycles. The Kier molecular flexibility index (Phi) is 2.62. The number of ether oxygens (including phenoxy) is 2. The minimum absolute atomic E-state index is 0.215. The molecule has 1 unspecified atom stereocenters. The molecule has 0 bridgehead atoms. The molecule has 3 rings (SSSR count). The fourth-order valence-electron chi connectivity index (χ4n) is 2.15. The fraction of sp³-hybridized carbons (Fsp3) is 0.231. The van der Waals surface area contributed by atoms with E-state index in [1.807, 2.05) is 0 Å². The first kappa shape index (κ1) is 12.2. The highest BCUT2D eigenvalue weighted by molar-refractivity contribution is 6.31. The van der Waals surface area contributed by atoms with Gasteiger partial charge in [-0.15, -0.1) is 0 Å². The average molecular weight is 280 g/mol. The molecular formula is C13H10ClNO4. The van der Waals surface area contributed by atoms with Crippen LogP contribution in [0.4, 0.5) is 0 Å². The molecule has 1 aromatic rings. The minimum atomic E-state index is -1.14. The van der Waals surface area contributed by atoms with Gasteiger partial charge in [-0.1, -0.05) is 23.7 Å². The number of epoxide rings is 1. The quantitative estimate of drug-likeness (QED) is 0.651. The Morgan fingerprint density at radius 3 is 2.47 bits per heavy atom. The maximum Gasteiger partial charge on any atom is 0.269 e. The zero-order valence-corrected chi connectivity index (χ0v) is 10.8. The molecular weight excluding hydrogens is 270 g/mol. The van der Waals surface area contributed by atoms with Crippen LogP contribution in [0.5, 0.6) is 0 Å². The number of nitrogens with one attached hydrogen (secondary N) is 1. The second kappa shape index (κ2) is 4.08. The lowest BCUT2D eigenvalue weighted by Crippen LogP contribution is -2.48. The van der Waals surface area contributed by atoms with Crippen LogP contribution < -0.4 is 5.32 Å². The summed E-state index contributed by atoms with van der Waals surface area (Å²) in [6.07, 6.45) is 0. The Morgan fingerprint density at radius 2 is 1.95 bits per heavy atom. The maximum absolute atomic E-state index is 12.0. The summed E-state index contributed by atoms with van der Waals surface area (Å²) in [5.41, 5.74) is -0.213. The minimum Gasteiger partial charge on any atom is -0.496 e. The summed E-state index contributed by atoms with van der Waals surface area (Å²) in [7, 11) is 1.42. The highest BCUT2D eigenvalue weighted by atomic mass is 35.5. The van der Waals surface area contributed by atoms with Gasteiger partial charge in [-0.05, 0) is 17.7 Å². The van der Waals surface area contributed by atoms with Gasteiger partial charge in [-0.2, -0.15) is 0 Å². The van der Waals surface area contributed by atoms with Crippen molar-refractivity contribution in [2.75, 3.05) is 13.7 Å². The van der Waals surface area contributed by atoms with Crippen LogP contribution in [0.15, 0.2) is 30.0 Å². The Morgan fingerprint density at radius 1 is 1.32 bits per heavy atom. The Balaban J connectivity index is 2.17. The Hall–Kier alpha value is -1.85. The number of hydrogen-bond donors (Lipinski definition) is 1. The van der Waals surface area contributed by atoms with Gasteiger partial charge in [0.2, 0.25) is 5.60 Å². The van der Waals surface area contributed by atoms with Crippen LogP contribution in [0.3, 0.4) is 0 Å². The predicted molar refractivity (Wildman–Crippen MR) is 67.2 cm³/mol. The predicted octanol–water partition coefficient (Wildman–Crippen LogP) is 1.12. The molecule has 0 aliphatic carbocycles. The number of carbonyl (C=O) groups is 2. The van der Waals surface area contributed by atoms with Crippen molar-refractivity contribution in [1.29, 1.82) is 0 Å². The highest BCUT2D eigenvalue weighted by Gasteiger charge is 2.61. The number of hydrogen-bond acceptors (Lipinski definition) is 4. The van der Waals surface area contributed by atoms with Crippen LogP contribution in [-0.2, 0) is 19.1 Å². The van der Waals surface area contributed by atoms with E-state index >= 15 is 0 Å². The van der Waals surface area contributed by atoms with E-state index in [1.165, 1.54) is 7.11 Å². The number of benzene rings is 1. The van der Waals surface area contributed by atoms with Crippen LogP contribution in [0.25, 0.3) is 5.57 Å². The highest BCUT2D eigenvalue weighted by Crippen LogP contribution is 2.42. The molecule has 19 heavy (non-hydrogen) atoms. The molecule has 2 aliphatic heterocycles. The largest absolute Gasteiger partial charge is 0.496 e. The second-order valence-corrected chi connectivity index (χ2v) is 4.75. The topological polar surface area (TPSA) is 67.9 Å². The molecule has 0 saturated carbocycles. The standard InChI is InChI=1S/C13H10ClNO4/c1-18-10-9(7-2-4-8(14)5-3-7)11(16)15-12(17)13(10)6-19-13/h2-5H,6H2,1H3,(H,15,16,17). The molecule has 98 valence electrons. The molecule has 1 atom stereocenters. The van der Waals surface area contributed by atoms with Gasteiger partial charge >= 0.3 is 0 Å². The number of methoxy groups -OCH3 is 1. The third kappa shape index (κ3) is 1.74. The number of rotatable bonds is 2. The number of imide groups is 1. The Bertz CT molecular complexity index is 602. The summed E-state index contributed by atoms with van der Waals surface area (Å²) in [5, 5.41) is 2.85. The van der Waals surface area contributed by atoms with E-state index < -0.39 is 17.4 Å². The summed E-state index contributed by atoms with van der Waals surface area (Å²) >= 11 is 5.82. The normalized spacial score (nSPS) is 25.6. The summed E-state index contributed by atoms with van der Waals surface area (Å²) in [6.45, 7) is 0.215. The number of amides is 2. The zero-order chi connectivity index (χ0) is 13.6. The van der Waals surface area contributed by atoms with E-state index in [0.717, 1.165) is 0 Å². The average Bonchev–Trinajstić information content (AvgIpc) is 3.17. The van der Waals surface area contributed by atoms with Gasteiger partial charge in [0.1, 0.15) is 0 Å². The summed E-state index contributed by atoms with van der Waals surface area (Å²) < 4.78 is 10.5. The molecule has 1 N–H and O–H groups in total. The third-order valence-corrected chi connectivity index (χ3v) is 3.44. The molecule has 0 aromatic heterocycles. The van der Waals surface area contributed by atoms with Gasteiger partial charge in [0.15, 0.2) is 5.76 Å². The van der Waals surface area contributed by atoms with Crippen molar-refractivity contribution in [3.63, 3.8) is 0 Å². The summed E-state index contributed by atoms with van der Waals surface area (Å²) in [5.74, 6) is -0.721. The number of halogens is 1. The molecule has 6 heteroatoms. The van der Waals surface area contributed by atoms with Gasteiger partial charge in [-0.3, -0.25) is 14.9 Å². The van der Waals surface area contributed by atoms with E-state index in [1.54, 1.807) is 24.3 Å². The lowest BCUT2D eigenvalue weighted by atomic mass is 9.93. The van der Waals surface area contributed by atoms with E-state index in [0.29, 0.717) is 16.2 Å². The second-order valence-electron chi connectivity index (χ2n) is 4.31. The lowest BCUT2D eigenvalue weighted by molar-refractivity contribution is -0.132. The Labute approximate surface area is 114 Å². The summed E-state index contributed by atoms with van der Waals surface area (Å²) in [6, 6.07) is 6.73. The van der Waals surface area contributed by atoms with Crippen molar-refractivity contribution < 1.29 is 19.1 Å². The van der Waals surface area contributed by atoms with Gasteiger partial charge in [0.05, 0.1) is 19.3 Å². The van der Waals surface area contributed by atoms with Crippen molar-refractivity contribution in [3.05, 3.63) is 40.6 Å². The lowest BCUT2D eigenvalue weighted by Gasteiger charge is -2.23. The van der Waals surface area contributed by atoms with Crippen molar-refractivity contribution in [2.45, 2.75) is 5.60 Å². The van der Waals surface area contributed by atoms with E-state index in [9.17, 15) is 9.59 Å². The molecule has 1 fully saturated rings. The van der Waals surface area contributed by atoms with Crippen molar-refractivity contribution in [1.82, 2.24) is 5.32 Å². The van der Waals surface area contributed by atoms with Crippen molar-refractivity contribution in [2.24, 2.45) is 0 Å². The van der Waals surface area contributed by atoms with Crippen molar-refractivity contribution >= 4 is 29.0 Å². The monoisotopic (exact) mass is 279 g/mol. The van der Waals surface area contributed by atoms with Crippen LogP contribution in [0, 0.1) is 0 Å². The fourth-order valence-corrected chi connectivity index (χ4v) is 2.28. The molecule has 5 nitrogen and oxygen atoms in total. The zero-order valence-electron chi connectivity index (χ0n) is 10.0. The maximum atomic E-state index is 12.0. The van der Waals surface area contributed by atoms with Gasteiger partial charge in [0.25, 0.3) is 11.8 Å². The summed E-state index contributed by atoms with van der Waals surface area (Å²) in [4.78, 5) is 23.8. The smallest absolute Gasteiger partial charge is 0.269 e. The first-order valence-corrected chi connectivity index (χ1v) is 6.01. The molecule has 1 aromatic carbocycles. The first-order valence-electron chi connectivity index (χ1n) is 5.63. The molecule has 2 heterocycles. The first-order chi connectivity index (χ1) is 9.08. The molecule has 1 spiro atoms. The van der Waals surface area contributed by atoms with E-state index in [-0.39, 0.29) is 12.4 Å². The molecule has 0 radical (unpaired) electrons. The van der Waals surface area contributed by atoms with Gasteiger partial charge in [0, 0.05) is 5.02 Å². The van der Waals surface area contributed by atoms with E-state index in [2.05, 4.69) is 5.32 Å². The SMILES string of the molecule is COC1=C(c2ccc(Cl)cc2)C(=O)NC(=O)C12CO2. The number of carbonyl (C=O) groups excluding carboxylic acids is 2. The van der Waals surface area contributed by atoms with Gasteiger partial charge < -0.3 is 9.47 Å². The van der Waals surface area contributed by atoms with Crippen LogP contribution in [0.1, 0.15) is 5.56 Å². The molecule has 2 aliphatic rings. The molecule has 2 amide bonds. The van der Waals surface area contributed by atoms with Crippen LogP contribution in [-0.4, -0.2) is 31.1 Å². The van der Waals surface area contributed by atoms with Crippen LogP contribution >= 0.6 is 11.6 Å². The third-order valence-electron chi connectivity index (χ3n) is 3.18.